The first kappa shape index (κ1) is 14.7. The second-order valence-electron chi connectivity index (χ2n) is 5.93. The minimum atomic E-state index is -0.0463. The molecule has 0 spiro atoms. The van der Waals surface area contributed by atoms with Crippen LogP contribution >= 0.6 is 0 Å². The van der Waals surface area contributed by atoms with Crippen molar-refractivity contribution in [2.24, 2.45) is 5.73 Å². The average molecular weight is 317 g/mol. The minimum absolute atomic E-state index is 0.0463. The van der Waals surface area contributed by atoms with Crippen LogP contribution in [0.4, 0.5) is 5.69 Å². The Morgan fingerprint density at radius 2 is 1.96 bits per heavy atom. The Morgan fingerprint density at radius 1 is 1.08 bits per heavy atom. The van der Waals surface area contributed by atoms with Crippen LogP contribution in [-0.4, -0.2) is 11.5 Å². The normalized spacial score (nSPS) is 13.4. The highest BCUT2D eigenvalue weighted by Gasteiger charge is 2.17. The molecule has 0 aliphatic carbocycles. The Hall–Kier alpha value is -2.85. The molecule has 2 aromatic carbocycles. The Balaban J connectivity index is 1.51. The van der Waals surface area contributed by atoms with Gasteiger partial charge in [0.15, 0.2) is 0 Å². The summed E-state index contributed by atoms with van der Waals surface area (Å²) in [4.78, 5) is 4.16. The van der Waals surface area contributed by atoms with Crippen LogP contribution in [0.2, 0.25) is 0 Å². The van der Waals surface area contributed by atoms with Gasteiger partial charge in [-0.1, -0.05) is 30.3 Å². The highest BCUT2D eigenvalue weighted by Crippen LogP contribution is 2.38. The topological polar surface area (TPSA) is 60.2 Å². The summed E-state index contributed by atoms with van der Waals surface area (Å²) in [5.41, 5.74) is 11.8. The first-order chi connectivity index (χ1) is 11.8. The van der Waals surface area contributed by atoms with E-state index in [1.54, 1.807) is 0 Å². The molecule has 4 nitrogen and oxygen atoms in total. The van der Waals surface area contributed by atoms with Crippen LogP contribution in [0.1, 0.15) is 17.2 Å². The van der Waals surface area contributed by atoms with Crippen molar-refractivity contribution in [3.8, 4) is 16.9 Å². The molecular weight excluding hydrogens is 298 g/mol. The number of ether oxygens (including phenoxy) is 1. The maximum absolute atomic E-state index is 6.24. The van der Waals surface area contributed by atoms with E-state index in [9.17, 15) is 0 Å². The van der Waals surface area contributed by atoms with Crippen LogP contribution in [0.15, 0.2) is 67.0 Å². The lowest BCUT2D eigenvalue weighted by Crippen LogP contribution is -2.20. The third-order valence-corrected chi connectivity index (χ3v) is 4.31. The number of hydrogen-bond acceptors (Lipinski definition) is 4. The molecule has 0 fully saturated rings. The molecule has 0 amide bonds. The molecule has 3 aromatic rings. The van der Waals surface area contributed by atoms with Gasteiger partial charge in [0.1, 0.15) is 12.4 Å². The molecule has 1 atom stereocenters. The summed E-state index contributed by atoms with van der Waals surface area (Å²) < 4.78 is 5.87. The molecule has 4 heteroatoms. The fourth-order valence-electron chi connectivity index (χ4n) is 2.98. The van der Waals surface area contributed by atoms with Gasteiger partial charge in [0.2, 0.25) is 0 Å². The van der Waals surface area contributed by atoms with Crippen molar-refractivity contribution in [3.63, 3.8) is 0 Å². The molecule has 4 rings (SSSR count). The predicted octanol–water partition coefficient (Wildman–Crippen LogP) is 3.75. The number of pyridine rings is 1. The Kier molecular flexibility index (Phi) is 3.89. The molecule has 1 aliphatic heterocycles. The van der Waals surface area contributed by atoms with Crippen molar-refractivity contribution in [1.82, 2.24) is 4.98 Å². The van der Waals surface area contributed by atoms with E-state index >= 15 is 0 Å². The van der Waals surface area contributed by atoms with Gasteiger partial charge in [-0.2, -0.15) is 0 Å². The van der Waals surface area contributed by atoms with Crippen LogP contribution in [0.5, 0.6) is 5.75 Å². The van der Waals surface area contributed by atoms with Crippen LogP contribution in [0.3, 0.4) is 0 Å². The summed E-state index contributed by atoms with van der Waals surface area (Å²) in [6.45, 7) is 1.23. The summed E-state index contributed by atoms with van der Waals surface area (Å²) in [5.74, 6) is 0.895. The molecule has 24 heavy (non-hydrogen) atoms. The highest BCUT2D eigenvalue weighted by molar-refractivity contribution is 5.76. The lowest BCUT2D eigenvalue weighted by Gasteiger charge is -2.21. The summed E-state index contributed by atoms with van der Waals surface area (Å²) in [5, 5.41) is 3.40. The van der Waals surface area contributed by atoms with Gasteiger partial charge in [-0.15, -0.1) is 0 Å². The molecule has 120 valence electrons. The van der Waals surface area contributed by atoms with Crippen LogP contribution in [0.25, 0.3) is 11.1 Å². The Bertz CT molecular complexity index is 849. The van der Waals surface area contributed by atoms with Gasteiger partial charge in [-0.3, -0.25) is 4.98 Å². The van der Waals surface area contributed by atoms with Crippen molar-refractivity contribution in [1.29, 1.82) is 0 Å². The summed E-state index contributed by atoms with van der Waals surface area (Å²) in [7, 11) is 0. The number of rotatable bonds is 4. The van der Waals surface area contributed by atoms with Crippen molar-refractivity contribution in [2.75, 3.05) is 11.9 Å². The first-order valence-corrected chi connectivity index (χ1v) is 8.06. The number of nitrogens with one attached hydrogen (secondary N) is 1. The SMILES string of the molecule is NC(CNc1ccc2c(c1)OCc1cnccc1-2)c1ccccc1. The first-order valence-electron chi connectivity index (χ1n) is 8.06. The Labute approximate surface area is 141 Å². The van der Waals surface area contributed by atoms with E-state index in [1.165, 1.54) is 5.56 Å². The Morgan fingerprint density at radius 3 is 2.83 bits per heavy atom. The predicted molar refractivity (Wildman–Crippen MR) is 95.9 cm³/mol. The zero-order valence-corrected chi connectivity index (χ0v) is 13.3. The number of nitrogens with zero attached hydrogens (tertiary/aromatic N) is 1. The quantitative estimate of drug-likeness (QED) is 0.769. The molecule has 0 saturated carbocycles. The van der Waals surface area contributed by atoms with E-state index in [1.807, 2.05) is 54.9 Å². The van der Waals surface area contributed by atoms with Crippen molar-refractivity contribution in [2.45, 2.75) is 12.6 Å². The zero-order valence-electron chi connectivity index (χ0n) is 13.3. The van der Waals surface area contributed by atoms with E-state index in [0.29, 0.717) is 13.2 Å². The van der Waals surface area contributed by atoms with Gasteiger partial charge in [-0.05, 0) is 29.3 Å². The van der Waals surface area contributed by atoms with Gasteiger partial charge in [0, 0.05) is 47.9 Å². The fraction of sp³-hybridized carbons (Fsp3) is 0.150. The van der Waals surface area contributed by atoms with E-state index in [-0.39, 0.29) is 6.04 Å². The molecule has 0 radical (unpaired) electrons. The standard InChI is InChI=1S/C20H19N3O/c21-19(14-4-2-1-3-5-14)12-23-16-6-7-18-17-8-9-22-11-15(17)13-24-20(18)10-16/h1-11,19,23H,12-13,21H2. The second kappa shape index (κ2) is 6.34. The molecule has 1 aromatic heterocycles. The number of benzene rings is 2. The maximum atomic E-state index is 6.24. The lowest BCUT2D eigenvalue weighted by molar-refractivity contribution is 0.302. The van der Waals surface area contributed by atoms with Crippen LogP contribution in [0, 0.1) is 0 Å². The largest absolute Gasteiger partial charge is 0.488 e. The van der Waals surface area contributed by atoms with E-state index in [2.05, 4.69) is 22.4 Å². The molecule has 0 saturated heterocycles. The molecule has 1 aliphatic rings. The van der Waals surface area contributed by atoms with Gasteiger partial charge in [0.05, 0.1) is 0 Å². The molecule has 1 unspecified atom stereocenters. The average Bonchev–Trinajstić information content (AvgIpc) is 2.66. The van der Waals surface area contributed by atoms with Crippen molar-refractivity contribution >= 4 is 5.69 Å². The second-order valence-corrected chi connectivity index (χ2v) is 5.93. The molecular formula is C20H19N3O. The van der Waals surface area contributed by atoms with Gasteiger partial charge < -0.3 is 15.8 Å². The maximum Gasteiger partial charge on any atom is 0.129 e. The number of fused-ring (bicyclic) bond motifs is 3. The highest BCUT2D eigenvalue weighted by atomic mass is 16.5. The van der Waals surface area contributed by atoms with E-state index in [0.717, 1.165) is 28.1 Å². The van der Waals surface area contributed by atoms with Crippen molar-refractivity contribution in [3.05, 3.63) is 78.1 Å². The molecule has 2 heterocycles. The van der Waals surface area contributed by atoms with Crippen molar-refractivity contribution < 1.29 is 4.74 Å². The number of hydrogen-bond donors (Lipinski definition) is 2. The molecule has 0 bridgehead atoms. The number of aromatic nitrogens is 1. The third-order valence-electron chi connectivity index (χ3n) is 4.31. The monoisotopic (exact) mass is 317 g/mol. The van der Waals surface area contributed by atoms with Crippen LogP contribution < -0.4 is 15.8 Å². The fourth-order valence-corrected chi connectivity index (χ4v) is 2.98. The zero-order chi connectivity index (χ0) is 16.4. The minimum Gasteiger partial charge on any atom is -0.488 e. The third kappa shape index (κ3) is 2.84. The molecule has 3 N–H and O–H groups in total. The van der Waals surface area contributed by atoms with Gasteiger partial charge in [0.25, 0.3) is 0 Å². The van der Waals surface area contributed by atoms with Crippen LogP contribution in [-0.2, 0) is 6.61 Å². The lowest BCUT2D eigenvalue weighted by atomic mass is 9.98. The van der Waals surface area contributed by atoms with E-state index in [4.69, 9.17) is 10.5 Å². The van der Waals surface area contributed by atoms with E-state index < -0.39 is 0 Å². The van der Waals surface area contributed by atoms with Gasteiger partial charge in [-0.25, -0.2) is 0 Å². The number of nitrogens with two attached hydrogens (primary N) is 1. The summed E-state index contributed by atoms with van der Waals surface area (Å²) >= 11 is 0. The van der Waals surface area contributed by atoms with Gasteiger partial charge >= 0.3 is 0 Å². The summed E-state index contributed by atoms with van der Waals surface area (Å²) in [6.07, 6.45) is 3.68. The summed E-state index contributed by atoms with van der Waals surface area (Å²) in [6, 6.07) is 18.3. The smallest absolute Gasteiger partial charge is 0.129 e. The number of anilines is 1.